The number of aromatic nitrogens is 3. The Morgan fingerprint density at radius 2 is 2.00 bits per heavy atom. The molecule has 1 amide bonds. The molecule has 6 heteroatoms. The SMILES string of the molecule is CC1CCCN(C(=O)c2cc(-c3cnc(N)nc3)nc3ccccc23)C1. The van der Waals surface area contributed by atoms with Crippen LogP contribution in [0.5, 0.6) is 0 Å². The summed E-state index contributed by atoms with van der Waals surface area (Å²) >= 11 is 0. The first-order chi connectivity index (χ1) is 12.6. The number of hydrogen-bond donors (Lipinski definition) is 1. The maximum absolute atomic E-state index is 13.2. The summed E-state index contributed by atoms with van der Waals surface area (Å²) in [6.07, 6.45) is 5.50. The second kappa shape index (κ2) is 6.71. The van der Waals surface area contributed by atoms with Crippen molar-refractivity contribution in [2.75, 3.05) is 18.8 Å². The minimum absolute atomic E-state index is 0.0627. The van der Waals surface area contributed by atoms with Gasteiger partial charge in [-0.3, -0.25) is 4.79 Å². The molecule has 1 fully saturated rings. The number of carbonyl (C=O) groups is 1. The molecule has 0 saturated carbocycles. The number of pyridine rings is 1. The van der Waals surface area contributed by atoms with E-state index in [1.54, 1.807) is 12.4 Å². The molecule has 0 aliphatic carbocycles. The van der Waals surface area contributed by atoms with Gasteiger partial charge in [0.25, 0.3) is 5.91 Å². The van der Waals surface area contributed by atoms with E-state index in [2.05, 4.69) is 21.9 Å². The highest BCUT2D eigenvalue weighted by Crippen LogP contribution is 2.27. The molecule has 1 aliphatic rings. The van der Waals surface area contributed by atoms with Gasteiger partial charge in [0.1, 0.15) is 0 Å². The first-order valence-corrected chi connectivity index (χ1v) is 8.89. The van der Waals surface area contributed by atoms with Crippen LogP contribution in [0.2, 0.25) is 0 Å². The maximum atomic E-state index is 13.2. The minimum Gasteiger partial charge on any atom is -0.368 e. The molecule has 1 aliphatic heterocycles. The highest BCUT2D eigenvalue weighted by Gasteiger charge is 2.24. The number of amides is 1. The quantitative estimate of drug-likeness (QED) is 0.770. The number of rotatable bonds is 2. The third-order valence-electron chi connectivity index (χ3n) is 4.86. The molecule has 0 bridgehead atoms. The fraction of sp³-hybridized carbons (Fsp3) is 0.300. The minimum atomic E-state index is 0.0627. The van der Waals surface area contributed by atoms with E-state index in [9.17, 15) is 4.79 Å². The Balaban J connectivity index is 1.82. The number of nitrogens with zero attached hydrogens (tertiary/aromatic N) is 4. The summed E-state index contributed by atoms with van der Waals surface area (Å²) < 4.78 is 0. The van der Waals surface area contributed by atoms with Crippen LogP contribution in [0.4, 0.5) is 5.95 Å². The number of nitrogens with two attached hydrogens (primary N) is 1. The van der Waals surface area contributed by atoms with Gasteiger partial charge in [0.05, 0.1) is 16.8 Å². The molecule has 1 saturated heterocycles. The molecule has 2 N–H and O–H groups in total. The van der Waals surface area contributed by atoms with Crippen molar-refractivity contribution in [3.63, 3.8) is 0 Å². The summed E-state index contributed by atoms with van der Waals surface area (Å²) in [6, 6.07) is 9.58. The molecule has 3 heterocycles. The number of anilines is 1. The van der Waals surface area contributed by atoms with Crippen LogP contribution in [0.25, 0.3) is 22.2 Å². The molecule has 132 valence electrons. The van der Waals surface area contributed by atoms with Crippen LogP contribution in [0.1, 0.15) is 30.1 Å². The molecule has 1 atom stereocenters. The monoisotopic (exact) mass is 347 g/mol. The topological polar surface area (TPSA) is 85.0 Å². The fourth-order valence-corrected chi connectivity index (χ4v) is 3.51. The number of nitrogen functional groups attached to an aromatic ring is 1. The molecule has 1 aromatic carbocycles. The number of piperidine rings is 1. The van der Waals surface area contributed by atoms with E-state index in [-0.39, 0.29) is 11.9 Å². The molecule has 0 spiro atoms. The van der Waals surface area contributed by atoms with Gasteiger partial charge in [-0.25, -0.2) is 15.0 Å². The molecule has 1 unspecified atom stereocenters. The van der Waals surface area contributed by atoms with Gasteiger partial charge in [0.2, 0.25) is 5.95 Å². The number of carbonyl (C=O) groups excluding carboxylic acids is 1. The van der Waals surface area contributed by atoms with Crippen LogP contribution < -0.4 is 5.73 Å². The van der Waals surface area contributed by atoms with Crippen molar-refractivity contribution in [3.8, 4) is 11.3 Å². The summed E-state index contributed by atoms with van der Waals surface area (Å²) in [5.74, 6) is 0.812. The van der Waals surface area contributed by atoms with Crippen molar-refractivity contribution >= 4 is 22.8 Å². The predicted octanol–water partition coefficient (Wildman–Crippen LogP) is 3.15. The Morgan fingerprint density at radius 1 is 1.23 bits per heavy atom. The zero-order valence-corrected chi connectivity index (χ0v) is 14.7. The number of fused-ring (bicyclic) bond motifs is 1. The van der Waals surface area contributed by atoms with Gasteiger partial charge in [-0.15, -0.1) is 0 Å². The highest BCUT2D eigenvalue weighted by atomic mass is 16.2. The Morgan fingerprint density at radius 3 is 2.77 bits per heavy atom. The average Bonchev–Trinajstić information content (AvgIpc) is 2.67. The summed E-state index contributed by atoms with van der Waals surface area (Å²) in [7, 11) is 0. The fourth-order valence-electron chi connectivity index (χ4n) is 3.51. The van der Waals surface area contributed by atoms with E-state index in [1.165, 1.54) is 6.42 Å². The van der Waals surface area contributed by atoms with Crippen LogP contribution in [0, 0.1) is 5.92 Å². The van der Waals surface area contributed by atoms with Gasteiger partial charge >= 0.3 is 0 Å². The van der Waals surface area contributed by atoms with Crippen LogP contribution in [-0.2, 0) is 0 Å². The first-order valence-electron chi connectivity index (χ1n) is 8.89. The standard InChI is InChI=1S/C20H21N5O/c1-13-5-4-8-25(12-13)19(26)16-9-18(14-10-22-20(21)23-11-14)24-17-7-3-2-6-15(16)17/h2-3,6-7,9-11,13H,4-5,8,12H2,1H3,(H2,21,22,23). The largest absolute Gasteiger partial charge is 0.368 e. The van der Waals surface area contributed by atoms with Crippen LogP contribution in [0.15, 0.2) is 42.7 Å². The molecule has 26 heavy (non-hydrogen) atoms. The first kappa shape index (κ1) is 16.4. The van der Waals surface area contributed by atoms with E-state index in [0.29, 0.717) is 17.2 Å². The lowest BCUT2D eigenvalue weighted by Crippen LogP contribution is -2.39. The molecular weight excluding hydrogens is 326 g/mol. The lowest BCUT2D eigenvalue weighted by molar-refractivity contribution is 0.0685. The molecule has 0 radical (unpaired) electrons. The molecule has 4 rings (SSSR count). The van der Waals surface area contributed by atoms with E-state index < -0.39 is 0 Å². The summed E-state index contributed by atoms with van der Waals surface area (Å²) in [4.78, 5) is 28.0. The van der Waals surface area contributed by atoms with Crippen LogP contribution >= 0.6 is 0 Å². The summed E-state index contributed by atoms with van der Waals surface area (Å²) in [5.41, 5.74) is 8.46. The van der Waals surface area contributed by atoms with Crippen molar-refractivity contribution in [1.82, 2.24) is 19.9 Å². The molecular formula is C20H21N5O. The van der Waals surface area contributed by atoms with Gasteiger partial charge in [-0.1, -0.05) is 25.1 Å². The number of benzene rings is 1. The smallest absolute Gasteiger partial charge is 0.254 e. The normalized spacial score (nSPS) is 17.4. The van der Waals surface area contributed by atoms with Gasteiger partial charge < -0.3 is 10.6 Å². The van der Waals surface area contributed by atoms with Crippen molar-refractivity contribution in [2.24, 2.45) is 5.92 Å². The number of hydrogen-bond acceptors (Lipinski definition) is 5. The Hall–Kier alpha value is -3.02. The van der Waals surface area contributed by atoms with Crippen LogP contribution in [-0.4, -0.2) is 38.8 Å². The third-order valence-corrected chi connectivity index (χ3v) is 4.86. The number of likely N-dealkylation sites (tertiary alicyclic amines) is 1. The molecule has 6 nitrogen and oxygen atoms in total. The van der Waals surface area contributed by atoms with Crippen molar-refractivity contribution in [2.45, 2.75) is 19.8 Å². The van der Waals surface area contributed by atoms with Gasteiger partial charge in [-0.2, -0.15) is 0 Å². The van der Waals surface area contributed by atoms with Crippen molar-refractivity contribution in [3.05, 3.63) is 48.3 Å². The maximum Gasteiger partial charge on any atom is 0.254 e. The van der Waals surface area contributed by atoms with Gasteiger partial charge in [0, 0.05) is 36.4 Å². The summed E-state index contributed by atoms with van der Waals surface area (Å²) in [6.45, 7) is 3.80. The van der Waals surface area contributed by atoms with Crippen LogP contribution in [0.3, 0.4) is 0 Å². The van der Waals surface area contributed by atoms with Crippen molar-refractivity contribution < 1.29 is 4.79 Å². The lowest BCUT2D eigenvalue weighted by Gasteiger charge is -2.31. The average molecular weight is 347 g/mol. The van der Waals surface area contributed by atoms with E-state index in [0.717, 1.165) is 36.0 Å². The predicted molar refractivity (Wildman–Crippen MR) is 101 cm³/mol. The second-order valence-corrected chi connectivity index (χ2v) is 6.90. The molecule has 3 aromatic rings. The third kappa shape index (κ3) is 3.10. The van der Waals surface area contributed by atoms with E-state index in [4.69, 9.17) is 5.73 Å². The summed E-state index contributed by atoms with van der Waals surface area (Å²) in [5, 5.41) is 0.871. The van der Waals surface area contributed by atoms with Gasteiger partial charge in [0.15, 0.2) is 0 Å². The zero-order chi connectivity index (χ0) is 18.1. The highest BCUT2D eigenvalue weighted by molar-refractivity contribution is 6.07. The Bertz CT molecular complexity index is 954. The molecule has 2 aromatic heterocycles. The number of para-hydroxylation sites is 1. The second-order valence-electron chi connectivity index (χ2n) is 6.90. The zero-order valence-electron chi connectivity index (χ0n) is 14.7. The Labute approximate surface area is 152 Å². The van der Waals surface area contributed by atoms with Crippen molar-refractivity contribution in [1.29, 1.82) is 0 Å². The van der Waals surface area contributed by atoms with E-state index in [1.807, 2.05) is 35.2 Å². The Kier molecular flexibility index (Phi) is 4.24. The lowest BCUT2D eigenvalue weighted by atomic mass is 9.98. The van der Waals surface area contributed by atoms with E-state index >= 15 is 0 Å². The van der Waals surface area contributed by atoms with Gasteiger partial charge in [-0.05, 0) is 30.9 Å².